The second kappa shape index (κ2) is 6.87. The Kier molecular flexibility index (Phi) is 4.78. The number of halogens is 1. The summed E-state index contributed by atoms with van der Waals surface area (Å²) in [5, 5.41) is 2.71. The fraction of sp³-hybridized carbons (Fsp3) is 0.222. The summed E-state index contributed by atoms with van der Waals surface area (Å²) in [6, 6.07) is 11.3. The van der Waals surface area contributed by atoms with Gasteiger partial charge in [0.15, 0.2) is 0 Å². The van der Waals surface area contributed by atoms with Gasteiger partial charge >= 0.3 is 0 Å². The normalized spacial score (nSPS) is 16.2. The Labute approximate surface area is 150 Å². The molecule has 1 atom stereocenters. The quantitative estimate of drug-likeness (QED) is 0.867. The van der Waals surface area contributed by atoms with Gasteiger partial charge < -0.3 is 5.32 Å². The van der Waals surface area contributed by atoms with Gasteiger partial charge in [0.2, 0.25) is 5.91 Å². The highest BCUT2D eigenvalue weighted by Crippen LogP contribution is 2.29. The fourth-order valence-electron chi connectivity index (χ4n) is 2.80. The zero-order valence-electron chi connectivity index (χ0n) is 14.0. The molecule has 0 aliphatic carbocycles. The molecule has 0 radical (unpaired) electrons. The first kappa shape index (κ1) is 18.1. The van der Waals surface area contributed by atoms with Gasteiger partial charge in [0.25, 0.3) is 15.9 Å². The first-order valence-electron chi connectivity index (χ1n) is 8.01. The summed E-state index contributed by atoms with van der Waals surface area (Å²) in [6.45, 7) is 1.50. The summed E-state index contributed by atoms with van der Waals surface area (Å²) in [7, 11) is -3.91. The van der Waals surface area contributed by atoms with Crippen LogP contribution < -0.4 is 5.32 Å². The van der Waals surface area contributed by atoms with Crippen molar-refractivity contribution < 1.29 is 22.4 Å². The van der Waals surface area contributed by atoms with Crippen molar-refractivity contribution in [3.05, 3.63) is 65.5 Å². The van der Waals surface area contributed by atoms with Crippen LogP contribution in [0.1, 0.15) is 35.3 Å². The zero-order chi connectivity index (χ0) is 18.9. The fourth-order valence-corrected chi connectivity index (χ4v) is 4.37. The summed E-state index contributed by atoms with van der Waals surface area (Å²) in [6.07, 6.45) is -0.162. The maximum Gasteiger partial charge on any atom is 0.269 e. The van der Waals surface area contributed by atoms with Crippen LogP contribution in [0.5, 0.6) is 0 Å². The molecule has 1 heterocycles. The van der Waals surface area contributed by atoms with Gasteiger partial charge in [0.1, 0.15) is 10.7 Å². The largest absolute Gasteiger partial charge is 0.350 e. The van der Waals surface area contributed by atoms with Crippen molar-refractivity contribution >= 4 is 21.8 Å². The van der Waals surface area contributed by atoms with E-state index in [4.69, 9.17) is 0 Å². The highest BCUT2D eigenvalue weighted by Gasteiger charge is 2.40. The SMILES string of the molecule is CC(NC(=O)CCN1C(=O)c2ccccc2S1(=O)=O)c1ccc(F)cc1. The molecule has 1 unspecified atom stereocenters. The maximum absolute atomic E-state index is 12.9. The second-order valence-corrected chi connectivity index (χ2v) is 7.80. The lowest BCUT2D eigenvalue weighted by molar-refractivity contribution is -0.121. The van der Waals surface area contributed by atoms with Gasteiger partial charge in [-0.2, -0.15) is 0 Å². The van der Waals surface area contributed by atoms with Crippen LogP contribution in [0, 0.1) is 5.82 Å². The van der Waals surface area contributed by atoms with Crippen LogP contribution in [0.4, 0.5) is 4.39 Å². The van der Waals surface area contributed by atoms with Crippen LogP contribution in [-0.4, -0.2) is 31.1 Å². The molecule has 0 saturated carbocycles. The smallest absolute Gasteiger partial charge is 0.269 e. The zero-order valence-corrected chi connectivity index (χ0v) is 14.8. The summed E-state index contributed by atoms with van der Waals surface area (Å²) in [5.74, 6) is -1.40. The summed E-state index contributed by atoms with van der Waals surface area (Å²) in [4.78, 5) is 24.4. The predicted molar refractivity (Wildman–Crippen MR) is 92.2 cm³/mol. The number of carbonyl (C=O) groups excluding carboxylic acids is 2. The highest BCUT2D eigenvalue weighted by atomic mass is 32.2. The molecule has 2 aromatic rings. The Morgan fingerprint density at radius 3 is 2.46 bits per heavy atom. The van der Waals surface area contributed by atoms with Gasteiger partial charge in [0.05, 0.1) is 11.6 Å². The number of sulfonamides is 1. The summed E-state index contributed by atoms with van der Waals surface area (Å²) >= 11 is 0. The molecule has 1 N–H and O–H groups in total. The van der Waals surface area contributed by atoms with Crippen molar-refractivity contribution in [1.29, 1.82) is 0 Å². The van der Waals surface area contributed by atoms with Crippen molar-refractivity contribution in [2.24, 2.45) is 0 Å². The Morgan fingerprint density at radius 2 is 1.81 bits per heavy atom. The lowest BCUT2D eigenvalue weighted by Gasteiger charge is -2.17. The van der Waals surface area contributed by atoms with E-state index in [1.54, 1.807) is 31.2 Å². The van der Waals surface area contributed by atoms with E-state index in [0.29, 0.717) is 0 Å². The molecule has 136 valence electrons. The van der Waals surface area contributed by atoms with Crippen molar-refractivity contribution in [3.63, 3.8) is 0 Å². The lowest BCUT2D eigenvalue weighted by Crippen LogP contribution is -2.35. The number of nitrogens with one attached hydrogen (secondary N) is 1. The maximum atomic E-state index is 12.9. The van der Waals surface area contributed by atoms with Crippen LogP contribution in [-0.2, 0) is 14.8 Å². The molecule has 1 aliphatic rings. The van der Waals surface area contributed by atoms with Crippen molar-refractivity contribution in [2.75, 3.05) is 6.54 Å². The lowest BCUT2D eigenvalue weighted by atomic mass is 10.1. The van der Waals surface area contributed by atoms with Gasteiger partial charge in [-0.1, -0.05) is 24.3 Å². The third-order valence-electron chi connectivity index (χ3n) is 4.20. The highest BCUT2D eigenvalue weighted by molar-refractivity contribution is 7.90. The molecule has 0 fully saturated rings. The Hall–Kier alpha value is -2.74. The molecule has 0 aromatic heterocycles. The molecule has 0 saturated heterocycles. The van der Waals surface area contributed by atoms with Gasteiger partial charge in [-0.05, 0) is 36.8 Å². The molecule has 0 bridgehead atoms. The Morgan fingerprint density at radius 1 is 1.15 bits per heavy atom. The number of benzene rings is 2. The molecule has 2 amide bonds. The summed E-state index contributed by atoms with van der Waals surface area (Å²) in [5.41, 5.74) is 0.838. The number of rotatable bonds is 5. The Bertz CT molecular complexity index is 957. The van der Waals surface area contributed by atoms with E-state index in [1.807, 2.05) is 0 Å². The van der Waals surface area contributed by atoms with Crippen LogP contribution >= 0.6 is 0 Å². The molecule has 0 spiro atoms. The standard InChI is InChI=1S/C18H17FN2O4S/c1-12(13-6-8-14(19)9-7-13)20-17(22)10-11-21-18(23)15-4-2-3-5-16(15)26(21,24)25/h2-9,12H,10-11H2,1H3,(H,20,22). The van der Waals surface area contributed by atoms with E-state index in [1.165, 1.54) is 24.3 Å². The predicted octanol–water partition coefficient (Wildman–Crippen LogP) is 2.24. The third-order valence-corrected chi connectivity index (χ3v) is 6.04. The summed E-state index contributed by atoms with van der Waals surface area (Å²) < 4.78 is 38.5. The van der Waals surface area contributed by atoms with E-state index < -0.39 is 21.8 Å². The molecular formula is C18H17FN2O4S. The van der Waals surface area contributed by atoms with Gasteiger partial charge in [-0.15, -0.1) is 0 Å². The second-order valence-electron chi connectivity index (χ2n) is 5.97. The van der Waals surface area contributed by atoms with E-state index in [2.05, 4.69) is 5.32 Å². The average Bonchev–Trinajstić information content (AvgIpc) is 2.80. The van der Waals surface area contributed by atoms with Crippen molar-refractivity contribution in [3.8, 4) is 0 Å². The molecular weight excluding hydrogens is 359 g/mol. The van der Waals surface area contributed by atoms with Crippen LogP contribution in [0.15, 0.2) is 53.4 Å². The number of amides is 2. The molecule has 2 aromatic carbocycles. The number of carbonyl (C=O) groups is 2. The first-order valence-corrected chi connectivity index (χ1v) is 9.45. The monoisotopic (exact) mass is 376 g/mol. The molecule has 3 rings (SSSR count). The van der Waals surface area contributed by atoms with E-state index in [9.17, 15) is 22.4 Å². The Balaban J connectivity index is 1.63. The topological polar surface area (TPSA) is 83.6 Å². The van der Waals surface area contributed by atoms with Crippen molar-refractivity contribution in [2.45, 2.75) is 24.3 Å². The number of nitrogens with zero attached hydrogens (tertiary/aromatic N) is 1. The van der Waals surface area contributed by atoms with E-state index in [-0.39, 0.29) is 35.3 Å². The van der Waals surface area contributed by atoms with E-state index >= 15 is 0 Å². The molecule has 1 aliphatic heterocycles. The van der Waals surface area contributed by atoms with Crippen LogP contribution in [0.2, 0.25) is 0 Å². The molecule has 26 heavy (non-hydrogen) atoms. The minimum atomic E-state index is -3.91. The van der Waals surface area contributed by atoms with Crippen LogP contribution in [0.3, 0.4) is 0 Å². The van der Waals surface area contributed by atoms with Crippen LogP contribution in [0.25, 0.3) is 0 Å². The molecule has 6 nitrogen and oxygen atoms in total. The third kappa shape index (κ3) is 3.32. The average molecular weight is 376 g/mol. The first-order chi connectivity index (χ1) is 12.3. The number of hydrogen-bond donors (Lipinski definition) is 1. The minimum Gasteiger partial charge on any atom is -0.350 e. The minimum absolute atomic E-state index is 0.0370. The number of fused-ring (bicyclic) bond motifs is 1. The number of hydrogen-bond acceptors (Lipinski definition) is 4. The van der Waals surface area contributed by atoms with Gasteiger partial charge in [-0.25, -0.2) is 17.1 Å². The van der Waals surface area contributed by atoms with Gasteiger partial charge in [-0.3, -0.25) is 9.59 Å². The van der Waals surface area contributed by atoms with Gasteiger partial charge in [0, 0.05) is 13.0 Å². The van der Waals surface area contributed by atoms with E-state index in [0.717, 1.165) is 9.87 Å². The molecule has 8 heteroatoms. The van der Waals surface area contributed by atoms with Crippen molar-refractivity contribution in [1.82, 2.24) is 9.62 Å².